The van der Waals surface area contributed by atoms with Crippen LogP contribution >= 0.6 is 0 Å². The second-order valence-electron chi connectivity index (χ2n) is 2.19. The fourth-order valence-corrected chi connectivity index (χ4v) is 0.538. The van der Waals surface area contributed by atoms with Crippen LogP contribution in [0.15, 0.2) is 0 Å². The molecule has 12 heavy (non-hydrogen) atoms. The Morgan fingerprint density at radius 3 is 2.25 bits per heavy atom. The number of urea groups is 1. The third-order valence-corrected chi connectivity index (χ3v) is 1.10. The fourth-order valence-electron chi connectivity index (χ4n) is 0.538. The van der Waals surface area contributed by atoms with Gasteiger partial charge in [-0.15, -0.1) is 0 Å². The van der Waals surface area contributed by atoms with Crippen LogP contribution in [-0.4, -0.2) is 34.4 Å². The van der Waals surface area contributed by atoms with Gasteiger partial charge in [0.05, 0.1) is 6.10 Å². The number of rotatable bonds is 4. The lowest BCUT2D eigenvalue weighted by Gasteiger charge is -2.16. The molecular weight excluding hydrogens is 166 g/mol. The van der Waals surface area contributed by atoms with Crippen molar-refractivity contribution in [1.82, 2.24) is 10.9 Å². The van der Waals surface area contributed by atoms with Crippen LogP contribution in [0.3, 0.4) is 0 Å². The molecular formula is C5H11N3O4. The molecule has 0 bridgehead atoms. The number of nitrogens with two attached hydrogens (primary N) is 1. The van der Waals surface area contributed by atoms with Gasteiger partial charge in [0.2, 0.25) is 0 Å². The summed E-state index contributed by atoms with van der Waals surface area (Å²) in [6, 6.07) is -2.18. The van der Waals surface area contributed by atoms with Crippen molar-refractivity contribution in [1.29, 1.82) is 0 Å². The van der Waals surface area contributed by atoms with Crippen LogP contribution in [0.2, 0.25) is 0 Å². The number of hydrogen-bond acceptors (Lipinski definition) is 4. The van der Waals surface area contributed by atoms with Gasteiger partial charge in [0, 0.05) is 0 Å². The SMILES string of the molecule is C[C@@H](O)[C@H](NNC(N)=O)C(=O)O. The zero-order valence-electron chi connectivity index (χ0n) is 6.44. The lowest BCUT2D eigenvalue weighted by molar-refractivity contribution is -0.142. The number of carboxylic acids is 1. The number of amides is 2. The quantitative estimate of drug-likeness (QED) is 0.317. The topological polar surface area (TPSA) is 125 Å². The van der Waals surface area contributed by atoms with Gasteiger partial charge in [-0.1, -0.05) is 0 Å². The maximum atomic E-state index is 10.3. The summed E-state index contributed by atoms with van der Waals surface area (Å²) in [5.41, 5.74) is 8.55. The lowest BCUT2D eigenvalue weighted by atomic mass is 10.2. The van der Waals surface area contributed by atoms with E-state index in [-0.39, 0.29) is 0 Å². The Kier molecular flexibility index (Phi) is 4.02. The fraction of sp³-hybridized carbons (Fsp3) is 0.600. The molecule has 7 nitrogen and oxygen atoms in total. The Hall–Kier alpha value is -1.34. The van der Waals surface area contributed by atoms with Gasteiger partial charge in [-0.2, -0.15) is 0 Å². The minimum absolute atomic E-state index is 0.915. The second kappa shape index (κ2) is 4.52. The average Bonchev–Trinajstić information content (AvgIpc) is 1.84. The molecule has 0 aromatic rings. The van der Waals surface area contributed by atoms with Crippen LogP contribution in [-0.2, 0) is 4.79 Å². The Labute approximate surface area is 68.5 Å². The van der Waals surface area contributed by atoms with Crippen molar-refractivity contribution in [2.24, 2.45) is 5.73 Å². The van der Waals surface area contributed by atoms with Gasteiger partial charge in [0.15, 0.2) is 0 Å². The lowest BCUT2D eigenvalue weighted by Crippen LogP contribution is -2.54. The largest absolute Gasteiger partial charge is 0.480 e. The van der Waals surface area contributed by atoms with E-state index in [0.29, 0.717) is 0 Å². The highest BCUT2D eigenvalue weighted by molar-refractivity contribution is 5.75. The Morgan fingerprint density at radius 2 is 2.00 bits per heavy atom. The van der Waals surface area contributed by atoms with E-state index in [1.165, 1.54) is 6.92 Å². The number of hydrazine groups is 1. The second-order valence-corrected chi connectivity index (χ2v) is 2.19. The summed E-state index contributed by atoms with van der Waals surface area (Å²) >= 11 is 0. The molecule has 0 saturated heterocycles. The summed E-state index contributed by atoms with van der Waals surface area (Å²) < 4.78 is 0. The molecule has 0 aromatic heterocycles. The number of carboxylic acid groups (broad SMARTS) is 1. The molecule has 0 aliphatic carbocycles. The summed E-state index contributed by atoms with van der Waals surface area (Å²) in [5, 5.41) is 17.3. The smallest absolute Gasteiger partial charge is 0.326 e. The van der Waals surface area contributed by atoms with Crippen molar-refractivity contribution >= 4 is 12.0 Å². The van der Waals surface area contributed by atoms with Crippen molar-refractivity contribution in [3.05, 3.63) is 0 Å². The first-order chi connectivity index (χ1) is 5.45. The number of carbonyl (C=O) groups excluding carboxylic acids is 1. The monoisotopic (exact) mass is 177 g/mol. The van der Waals surface area contributed by atoms with E-state index < -0.39 is 24.1 Å². The molecule has 0 unspecified atom stereocenters. The van der Waals surface area contributed by atoms with Gasteiger partial charge in [-0.25, -0.2) is 10.2 Å². The van der Waals surface area contributed by atoms with Gasteiger partial charge in [0.25, 0.3) is 0 Å². The number of carbonyl (C=O) groups is 2. The highest BCUT2D eigenvalue weighted by Crippen LogP contribution is 1.90. The Morgan fingerprint density at radius 1 is 1.50 bits per heavy atom. The molecule has 6 N–H and O–H groups in total. The number of aliphatic hydroxyl groups excluding tert-OH is 1. The van der Waals surface area contributed by atoms with E-state index in [2.05, 4.69) is 5.73 Å². The normalized spacial score (nSPS) is 14.8. The van der Waals surface area contributed by atoms with Crippen LogP contribution in [0.5, 0.6) is 0 Å². The molecule has 0 rings (SSSR count). The number of nitrogens with one attached hydrogen (secondary N) is 2. The van der Waals surface area contributed by atoms with E-state index >= 15 is 0 Å². The first-order valence-corrected chi connectivity index (χ1v) is 3.17. The molecule has 0 aliphatic heterocycles. The highest BCUT2D eigenvalue weighted by Gasteiger charge is 2.22. The summed E-state index contributed by atoms with van der Waals surface area (Å²) in [6.07, 6.45) is -1.13. The summed E-state index contributed by atoms with van der Waals surface area (Å²) in [5.74, 6) is -1.28. The van der Waals surface area contributed by atoms with E-state index in [4.69, 9.17) is 10.2 Å². The zero-order chi connectivity index (χ0) is 9.72. The summed E-state index contributed by atoms with van der Waals surface area (Å²) in [7, 11) is 0. The molecule has 2 amide bonds. The maximum Gasteiger partial charge on any atom is 0.326 e. The summed E-state index contributed by atoms with van der Waals surface area (Å²) in [4.78, 5) is 20.5. The van der Waals surface area contributed by atoms with Gasteiger partial charge in [-0.3, -0.25) is 10.2 Å². The molecule has 0 spiro atoms. The summed E-state index contributed by atoms with van der Waals surface area (Å²) in [6.45, 7) is 1.27. The number of aliphatic hydroxyl groups is 1. The van der Waals surface area contributed by atoms with Crippen molar-refractivity contribution in [3.63, 3.8) is 0 Å². The van der Waals surface area contributed by atoms with Crippen LogP contribution < -0.4 is 16.6 Å². The van der Waals surface area contributed by atoms with Gasteiger partial charge in [-0.05, 0) is 6.92 Å². The molecule has 0 saturated carbocycles. The van der Waals surface area contributed by atoms with Crippen molar-refractivity contribution < 1.29 is 19.8 Å². The molecule has 70 valence electrons. The van der Waals surface area contributed by atoms with E-state index in [0.717, 1.165) is 0 Å². The van der Waals surface area contributed by atoms with Crippen LogP contribution in [0.25, 0.3) is 0 Å². The van der Waals surface area contributed by atoms with E-state index in [9.17, 15) is 9.59 Å². The average molecular weight is 177 g/mol. The molecule has 0 radical (unpaired) electrons. The third-order valence-electron chi connectivity index (χ3n) is 1.10. The first-order valence-electron chi connectivity index (χ1n) is 3.17. The third kappa shape index (κ3) is 3.74. The van der Waals surface area contributed by atoms with Crippen LogP contribution in [0, 0.1) is 0 Å². The minimum Gasteiger partial charge on any atom is -0.480 e. The molecule has 0 aromatic carbocycles. The highest BCUT2D eigenvalue weighted by atomic mass is 16.4. The Bertz CT molecular complexity index is 182. The number of aliphatic carboxylic acids is 1. The molecule has 0 aliphatic rings. The van der Waals surface area contributed by atoms with Crippen molar-refractivity contribution in [2.45, 2.75) is 19.1 Å². The first kappa shape index (κ1) is 10.7. The van der Waals surface area contributed by atoms with Gasteiger partial charge >= 0.3 is 12.0 Å². The zero-order valence-corrected chi connectivity index (χ0v) is 6.44. The van der Waals surface area contributed by atoms with Crippen LogP contribution in [0.1, 0.15) is 6.92 Å². The van der Waals surface area contributed by atoms with Crippen LogP contribution in [0.4, 0.5) is 4.79 Å². The molecule has 2 atom stereocenters. The predicted molar refractivity (Wildman–Crippen MR) is 39.0 cm³/mol. The number of primary amides is 1. The Balaban J connectivity index is 3.97. The predicted octanol–water partition coefficient (Wildman–Crippen LogP) is -2.01. The maximum absolute atomic E-state index is 10.3. The van der Waals surface area contributed by atoms with Crippen molar-refractivity contribution in [3.8, 4) is 0 Å². The standard InChI is InChI=1S/C5H11N3O4/c1-2(9)3(4(10)11)7-8-5(6)12/h2-3,7,9H,1H3,(H,10,11)(H3,6,8,12)/t2-,3+/m1/s1. The minimum atomic E-state index is -1.28. The molecule has 7 heteroatoms. The number of hydrogen-bond donors (Lipinski definition) is 5. The van der Waals surface area contributed by atoms with Gasteiger partial charge in [0.1, 0.15) is 6.04 Å². The molecule has 0 heterocycles. The van der Waals surface area contributed by atoms with Crippen molar-refractivity contribution in [2.75, 3.05) is 0 Å². The van der Waals surface area contributed by atoms with Gasteiger partial charge < -0.3 is 15.9 Å². The van der Waals surface area contributed by atoms with E-state index in [1.54, 1.807) is 0 Å². The molecule has 0 fully saturated rings. The van der Waals surface area contributed by atoms with E-state index in [1.807, 2.05) is 10.9 Å².